The number of carbonyl (C=O) groups excluding carboxylic acids is 1. The maximum Gasteiger partial charge on any atom is 0.315 e. The van der Waals surface area contributed by atoms with Gasteiger partial charge in [-0.25, -0.2) is 4.79 Å². The summed E-state index contributed by atoms with van der Waals surface area (Å²) >= 11 is 0. The molecule has 4 unspecified atom stereocenters. The Kier molecular flexibility index (Phi) is 5.74. The van der Waals surface area contributed by atoms with E-state index in [4.69, 9.17) is 4.74 Å². The summed E-state index contributed by atoms with van der Waals surface area (Å²) in [5.74, 6) is 1.35. The van der Waals surface area contributed by atoms with Gasteiger partial charge < -0.3 is 20.5 Å². The van der Waals surface area contributed by atoms with Gasteiger partial charge in [0.05, 0.1) is 6.61 Å². The highest BCUT2D eigenvalue weighted by atomic mass is 16.5. The van der Waals surface area contributed by atoms with E-state index in [1.807, 2.05) is 31.2 Å². The number of aliphatic hydroxyl groups excluding tert-OH is 1. The molecule has 4 atom stereocenters. The number of ether oxygens (including phenoxy) is 1. The summed E-state index contributed by atoms with van der Waals surface area (Å²) in [5, 5.41) is 15.6. The summed E-state index contributed by atoms with van der Waals surface area (Å²) in [4.78, 5) is 12.2. The van der Waals surface area contributed by atoms with Gasteiger partial charge in [0.1, 0.15) is 0 Å². The molecular weight excluding hydrogens is 304 g/mol. The maximum atomic E-state index is 12.2. The lowest BCUT2D eigenvalue weighted by Gasteiger charge is -2.30. The fourth-order valence-electron chi connectivity index (χ4n) is 4.26. The zero-order chi connectivity index (χ0) is 16.9. The second kappa shape index (κ2) is 7.99. The summed E-state index contributed by atoms with van der Waals surface area (Å²) < 4.78 is 5.38. The average Bonchev–Trinajstić information content (AvgIpc) is 3.20. The molecule has 1 aromatic carbocycles. The third-order valence-electron chi connectivity index (χ3n) is 5.55. The largest absolute Gasteiger partial charge is 0.396 e. The molecule has 2 saturated carbocycles. The summed E-state index contributed by atoms with van der Waals surface area (Å²) in [5.41, 5.74) is 2.20. The Morgan fingerprint density at radius 2 is 1.92 bits per heavy atom. The molecule has 24 heavy (non-hydrogen) atoms. The Balaban J connectivity index is 1.45. The molecule has 0 radical (unpaired) electrons. The van der Waals surface area contributed by atoms with E-state index in [0.29, 0.717) is 31.6 Å². The van der Waals surface area contributed by atoms with Crippen molar-refractivity contribution in [3.8, 4) is 0 Å². The minimum atomic E-state index is -0.135. The van der Waals surface area contributed by atoms with Gasteiger partial charge in [-0.2, -0.15) is 0 Å². The van der Waals surface area contributed by atoms with E-state index in [-0.39, 0.29) is 24.6 Å². The predicted molar refractivity (Wildman–Crippen MR) is 92.3 cm³/mol. The van der Waals surface area contributed by atoms with E-state index < -0.39 is 0 Å². The van der Waals surface area contributed by atoms with Crippen molar-refractivity contribution in [1.29, 1.82) is 0 Å². The zero-order valence-corrected chi connectivity index (χ0v) is 14.3. The van der Waals surface area contributed by atoms with Gasteiger partial charge in [0, 0.05) is 31.7 Å². The van der Waals surface area contributed by atoms with E-state index >= 15 is 0 Å². The number of nitrogens with one attached hydrogen (secondary N) is 2. The molecule has 2 fully saturated rings. The minimum absolute atomic E-state index is 0.127. The lowest BCUT2D eigenvalue weighted by molar-refractivity contribution is 0.134. The Morgan fingerprint density at radius 1 is 1.21 bits per heavy atom. The molecule has 0 saturated heterocycles. The Morgan fingerprint density at radius 3 is 2.62 bits per heavy atom. The number of amides is 2. The maximum absolute atomic E-state index is 12.2. The molecular formula is C19H28N2O3. The first-order chi connectivity index (χ1) is 11.7. The van der Waals surface area contributed by atoms with Crippen LogP contribution in [0, 0.1) is 17.8 Å². The fourth-order valence-corrected chi connectivity index (χ4v) is 4.26. The fraction of sp³-hybridized carbons (Fsp3) is 0.632. The van der Waals surface area contributed by atoms with Crippen LogP contribution < -0.4 is 10.6 Å². The van der Waals surface area contributed by atoms with Crippen LogP contribution in [-0.4, -0.2) is 30.4 Å². The predicted octanol–water partition coefficient (Wildman–Crippen LogP) is 2.43. The molecule has 5 nitrogen and oxygen atoms in total. The highest BCUT2D eigenvalue weighted by Gasteiger charge is 2.47. The first kappa shape index (κ1) is 17.2. The second-order valence-corrected chi connectivity index (χ2v) is 6.99. The average molecular weight is 332 g/mol. The van der Waals surface area contributed by atoms with Gasteiger partial charge in [0.25, 0.3) is 0 Å². The third kappa shape index (κ3) is 3.90. The molecule has 1 aromatic rings. The van der Waals surface area contributed by atoms with Gasteiger partial charge in [-0.15, -0.1) is 0 Å². The van der Waals surface area contributed by atoms with Crippen molar-refractivity contribution < 1.29 is 14.6 Å². The molecule has 2 amide bonds. The van der Waals surface area contributed by atoms with Crippen molar-refractivity contribution in [3.05, 3.63) is 35.4 Å². The summed E-state index contributed by atoms with van der Waals surface area (Å²) in [7, 11) is 0. The van der Waals surface area contributed by atoms with Crippen molar-refractivity contribution in [2.45, 2.75) is 45.4 Å². The lowest BCUT2D eigenvalue weighted by Crippen LogP contribution is -2.48. The number of aliphatic hydroxyl groups is 1. The van der Waals surface area contributed by atoms with Crippen LogP contribution in [0.4, 0.5) is 4.79 Å². The highest BCUT2D eigenvalue weighted by Crippen LogP contribution is 2.48. The lowest BCUT2D eigenvalue weighted by atomic mass is 9.85. The van der Waals surface area contributed by atoms with Gasteiger partial charge in [-0.1, -0.05) is 24.3 Å². The van der Waals surface area contributed by atoms with Crippen LogP contribution in [0.3, 0.4) is 0 Å². The first-order valence-corrected chi connectivity index (χ1v) is 9.02. The molecule has 2 aliphatic rings. The van der Waals surface area contributed by atoms with Crippen LogP contribution in [0.15, 0.2) is 24.3 Å². The summed E-state index contributed by atoms with van der Waals surface area (Å²) in [6.07, 6.45) is 3.52. The first-order valence-electron chi connectivity index (χ1n) is 9.02. The van der Waals surface area contributed by atoms with Crippen molar-refractivity contribution in [3.63, 3.8) is 0 Å². The van der Waals surface area contributed by atoms with Gasteiger partial charge >= 0.3 is 6.03 Å². The zero-order valence-electron chi connectivity index (χ0n) is 14.3. The SMILES string of the molecule is CCOCc1ccc(CNC(=O)NC2C3CCC(C3)C2CO)cc1. The number of urea groups is 1. The summed E-state index contributed by atoms with van der Waals surface area (Å²) in [6.45, 7) is 3.99. The molecule has 3 rings (SSSR count). The monoisotopic (exact) mass is 332 g/mol. The van der Waals surface area contributed by atoms with Crippen molar-refractivity contribution >= 4 is 6.03 Å². The second-order valence-electron chi connectivity index (χ2n) is 6.99. The topological polar surface area (TPSA) is 70.6 Å². The van der Waals surface area contributed by atoms with Crippen molar-refractivity contribution in [2.75, 3.05) is 13.2 Å². The Bertz CT molecular complexity index is 546. The normalized spacial score (nSPS) is 28.1. The number of carbonyl (C=O) groups is 1. The van der Waals surface area contributed by atoms with E-state index in [1.54, 1.807) is 0 Å². The third-order valence-corrected chi connectivity index (χ3v) is 5.55. The van der Waals surface area contributed by atoms with Gasteiger partial charge in [-0.3, -0.25) is 0 Å². The smallest absolute Gasteiger partial charge is 0.315 e. The number of hydrogen-bond acceptors (Lipinski definition) is 3. The standard InChI is InChI=1S/C19H28N2O3/c1-2-24-12-14-5-3-13(4-6-14)10-20-19(23)21-18-16-8-7-15(9-16)17(18)11-22/h3-6,15-18,22H,2,7-12H2,1H3,(H2,20,21,23). The van der Waals surface area contributed by atoms with Crippen molar-refractivity contribution in [1.82, 2.24) is 10.6 Å². The molecule has 5 heteroatoms. The number of benzene rings is 1. The molecule has 0 heterocycles. The van der Waals surface area contributed by atoms with Crippen LogP contribution in [0.2, 0.25) is 0 Å². The van der Waals surface area contributed by atoms with Crippen LogP contribution in [-0.2, 0) is 17.9 Å². The molecule has 0 spiro atoms. The minimum Gasteiger partial charge on any atom is -0.396 e. The van der Waals surface area contributed by atoms with Gasteiger partial charge in [0.15, 0.2) is 0 Å². The molecule has 0 aliphatic heterocycles. The Hall–Kier alpha value is -1.59. The quantitative estimate of drug-likeness (QED) is 0.718. The van der Waals surface area contributed by atoms with Crippen LogP contribution in [0.25, 0.3) is 0 Å². The number of fused-ring (bicyclic) bond motifs is 2. The van der Waals surface area contributed by atoms with Crippen LogP contribution in [0.1, 0.15) is 37.3 Å². The molecule has 2 bridgehead atoms. The molecule has 2 aliphatic carbocycles. The van der Waals surface area contributed by atoms with Crippen molar-refractivity contribution in [2.24, 2.45) is 17.8 Å². The van der Waals surface area contributed by atoms with E-state index in [2.05, 4.69) is 10.6 Å². The summed E-state index contributed by atoms with van der Waals surface area (Å²) in [6, 6.07) is 8.09. The Labute approximate surface area is 143 Å². The van der Waals surface area contributed by atoms with E-state index in [9.17, 15) is 9.90 Å². The van der Waals surface area contributed by atoms with Gasteiger partial charge in [0.2, 0.25) is 0 Å². The molecule has 0 aromatic heterocycles. The highest BCUT2D eigenvalue weighted by molar-refractivity contribution is 5.74. The molecule has 132 valence electrons. The van der Waals surface area contributed by atoms with E-state index in [0.717, 1.165) is 17.5 Å². The van der Waals surface area contributed by atoms with E-state index in [1.165, 1.54) is 12.8 Å². The van der Waals surface area contributed by atoms with Gasteiger partial charge in [-0.05, 0) is 49.1 Å². The van der Waals surface area contributed by atoms with Crippen LogP contribution >= 0.6 is 0 Å². The number of hydrogen-bond donors (Lipinski definition) is 3. The van der Waals surface area contributed by atoms with Crippen LogP contribution in [0.5, 0.6) is 0 Å². The molecule has 3 N–H and O–H groups in total. The number of rotatable bonds is 7.